The predicted octanol–water partition coefficient (Wildman–Crippen LogP) is 0.885. The molecule has 4 N–H and O–H groups in total. The highest BCUT2D eigenvalue weighted by Gasteiger charge is 2.34. The van der Waals surface area contributed by atoms with Crippen molar-refractivity contribution in [3.8, 4) is 0 Å². The van der Waals surface area contributed by atoms with E-state index >= 15 is 0 Å². The third-order valence-electron chi connectivity index (χ3n) is 5.01. The van der Waals surface area contributed by atoms with Crippen LogP contribution in [-0.2, 0) is 19.6 Å². The zero-order valence-electron chi connectivity index (χ0n) is 17.6. The molecular weight excluding hydrogens is 436 g/mol. The molecule has 2 aromatic rings. The van der Waals surface area contributed by atoms with Gasteiger partial charge in [0.1, 0.15) is 5.82 Å². The Bertz CT molecular complexity index is 1140. The number of nitrogens with two attached hydrogens (primary N) is 1. The van der Waals surface area contributed by atoms with Crippen LogP contribution in [0.25, 0.3) is 0 Å². The summed E-state index contributed by atoms with van der Waals surface area (Å²) in [5.74, 6) is -1.94. The van der Waals surface area contributed by atoms with Crippen LogP contribution in [0, 0.1) is 5.92 Å². The first kappa shape index (κ1) is 23.1. The molecule has 0 bridgehead atoms. The van der Waals surface area contributed by atoms with Crippen molar-refractivity contribution in [2.75, 3.05) is 22.8 Å². The minimum absolute atomic E-state index is 0.105. The summed E-state index contributed by atoms with van der Waals surface area (Å²) < 4.78 is 25.0. The zero-order chi connectivity index (χ0) is 23.5. The molecule has 1 aliphatic heterocycles. The molecule has 3 rings (SSSR count). The van der Waals surface area contributed by atoms with Crippen molar-refractivity contribution < 1.29 is 22.8 Å². The summed E-state index contributed by atoms with van der Waals surface area (Å²) in [5.41, 5.74) is 6.20. The van der Waals surface area contributed by atoms with Gasteiger partial charge in [-0.2, -0.15) is 0 Å². The van der Waals surface area contributed by atoms with Gasteiger partial charge in [0.2, 0.25) is 15.9 Å². The van der Waals surface area contributed by atoms with Gasteiger partial charge in [-0.25, -0.2) is 13.4 Å². The Hall–Kier alpha value is -3.54. The maximum Gasteiger partial charge on any atom is 0.313 e. The van der Waals surface area contributed by atoms with Crippen LogP contribution < -0.4 is 15.8 Å². The van der Waals surface area contributed by atoms with Crippen molar-refractivity contribution in [2.45, 2.75) is 25.8 Å². The van der Waals surface area contributed by atoms with Gasteiger partial charge in [0.05, 0.1) is 29.7 Å². The van der Waals surface area contributed by atoms with E-state index in [1.165, 1.54) is 35.6 Å². The Labute approximate surface area is 185 Å². The fourth-order valence-electron chi connectivity index (χ4n) is 3.53. The molecule has 12 heteroatoms. The first-order valence-corrected chi connectivity index (χ1v) is 11.7. The number of rotatable bonds is 5. The molecule has 0 aromatic carbocycles. The normalized spacial score (nSPS) is 18.6. The largest absolute Gasteiger partial charge is 0.366 e. The fraction of sp³-hybridized carbons (Fsp3) is 0.350. The Morgan fingerprint density at radius 2 is 1.91 bits per heavy atom. The number of likely N-dealkylation sites (tertiary alicyclic amines) is 1. The molecule has 3 heterocycles. The molecule has 0 unspecified atom stereocenters. The average Bonchev–Trinajstić information content (AvgIpc) is 2.73. The number of hydrogen-bond acceptors (Lipinski definition) is 7. The molecule has 0 spiro atoms. The number of anilines is 2. The van der Waals surface area contributed by atoms with E-state index in [0.29, 0.717) is 18.5 Å². The van der Waals surface area contributed by atoms with E-state index in [4.69, 9.17) is 5.73 Å². The van der Waals surface area contributed by atoms with E-state index < -0.39 is 27.7 Å². The molecule has 1 fully saturated rings. The highest BCUT2D eigenvalue weighted by molar-refractivity contribution is 7.92. The summed E-state index contributed by atoms with van der Waals surface area (Å²) in [6, 6.07) is 4.14. The number of pyridine rings is 2. The van der Waals surface area contributed by atoms with Gasteiger partial charge >= 0.3 is 11.8 Å². The van der Waals surface area contributed by atoms with Crippen LogP contribution in [0.1, 0.15) is 41.7 Å². The number of sulfonamides is 1. The maximum atomic E-state index is 13.0. The summed E-state index contributed by atoms with van der Waals surface area (Å²) in [4.78, 5) is 46.4. The summed E-state index contributed by atoms with van der Waals surface area (Å²) in [7, 11) is -3.46. The van der Waals surface area contributed by atoms with Crippen LogP contribution in [0.4, 0.5) is 11.5 Å². The molecule has 0 saturated carbocycles. The van der Waals surface area contributed by atoms with Gasteiger partial charge in [0, 0.05) is 18.9 Å². The molecule has 170 valence electrons. The van der Waals surface area contributed by atoms with Crippen molar-refractivity contribution in [2.24, 2.45) is 11.7 Å². The highest BCUT2D eigenvalue weighted by atomic mass is 32.2. The second-order valence-electron chi connectivity index (χ2n) is 7.79. The van der Waals surface area contributed by atoms with Crippen LogP contribution in [0.5, 0.6) is 0 Å². The lowest BCUT2D eigenvalue weighted by atomic mass is 9.90. The zero-order valence-corrected chi connectivity index (χ0v) is 18.4. The Balaban J connectivity index is 1.78. The van der Waals surface area contributed by atoms with Crippen molar-refractivity contribution in [3.05, 3.63) is 47.9 Å². The molecule has 1 aliphatic rings. The number of aromatic nitrogens is 2. The lowest BCUT2D eigenvalue weighted by molar-refractivity contribution is -0.146. The minimum Gasteiger partial charge on any atom is -0.366 e. The van der Waals surface area contributed by atoms with E-state index in [0.717, 1.165) is 12.7 Å². The van der Waals surface area contributed by atoms with Crippen LogP contribution >= 0.6 is 0 Å². The lowest BCUT2D eigenvalue weighted by Gasteiger charge is -2.38. The molecule has 0 radical (unpaired) electrons. The van der Waals surface area contributed by atoms with Gasteiger partial charge in [0.25, 0.3) is 0 Å². The predicted molar refractivity (Wildman–Crippen MR) is 117 cm³/mol. The number of hydrogen-bond donors (Lipinski definition) is 3. The Kier molecular flexibility index (Phi) is 6.72. The van der Waals surface area contributed by atoms with E-state index in [-0.39, 0.29) is 29.0 Å². The van der Waals surface area contributed by atoms with Gasteiger partial charge in [-0.05, 0) is 36.5 Å². The fourth-order valence-corrected chi connectivity index (χ4v) is 4.04. The Morgan fingerprint density at radius 1 is 1.16 bits per heavy atom. The summed E-state index contributed by atoms with van der Waals surface area (Å²) >= 11 is 0. The van der Waals surface area contributed by atoms with Crippen molar-refractivity contribution >= 4 is 39.3 Å². The monoisotopic (exact) mass is 460 g/mol. The van der Waals surface area contributed by atoms with E-state index in [1.807, 2.05) is 6.92 Å². The summed E-state index contributed by atoms with van der Waals surface area (Å²) in [5, 5.41) is 2.46. The molecule has 3 amide bonds. The van der Waals surface area contributed by atoms with E-state index in [9.17, 15) is 22.8 Å². The second kappa shape index (κ2) is 9.30. The number of piperidine rings is 1. The van der Waals surface area contributed by atoms with E-state index in [1.54, 1.807) is 6.07 Å². The van der Waals surface area contributed by atoms with Gasteiger partial charge in [0.15, 0.2) is 0 Å². The van der Waals surface area contributed by atoms with Crippen LogP contribution in [0.15, 0.2) is 36.8 Å². The number of amides is 3. The SMILES string of the molecule is C[C@@H]1CC[C@@H](c2ccc(NS(C)(=O)=O)nc2)N(C(=O)C(=O)Nc2cncc(C(N)=O)c2)C1. The third kappa shape index (κ3) is 5.78. The summed E-state index contributed by atoms with van der Waals surface area (Å²) in [6.07, 6.45) is 6.57. The maximum absolute atomic E-state index is 13.0. The van der Waals surface area contributed by atoms with Crippen molar-refractivity contribution in [1.82, 2.24) is 14.9 Å². The number of primary amides is 1. The first-order valence-electron chi connectivity index (χ1n) is 9.84. The quantitative estimate of drug-likeness (QED) is 0.557. The summed E-state index contributed by atoms with van der Waals surface area (Å²) in [6.45, 7) is 2.37. The molecule has 0 aliphatic carbocycles. The van der Waals surface area contributed by atoms with Crippen LogP contribution in [0.2, 0.25) is 0 Å². The van der Waals surface area contributed by atoms with Gasteiger partial charge in [-0.3, -0.25) is 24.1 Å². The topological polar surface area (TPSA) is 164 Å². The molecule has 32 heavy (non-hydrogen) atoms. The second-order valence-corrected chi connectivity index (χ2v) is 9.54. The Morgan fingerprint density at radius 3 is 2.53 bits per heavy atom. The average molecular weight is 461 g/mol. The van der Waals surface area contributed by atoms with Gasteiger partial charge < -0.3 is 16.0 Å². The number of carbonyl (C=O) groups is 3. The number of nitrogens with zero attached hydrogens (tertiary/aromatic N) is 3. The van der Waals surface area contributed by atoms with Crippen LogP contribution in [0.3, 0.4) is 0 Å². The van der Waals surface area contributed by atoms with Gasteiger partial charge in [-0.15, -0.1) is 0 Å². The lowest BCUT2D eigenvalue weighted by Crippen LogP contribution is -2.46. The van der Waals surface area contributed by atoms with Crippen LogP contribution in [-0.4, -0.2) is 53.8 Å². The van der Waals surface area contributed by atoms with Crippen molar-refractivity contribution in [1.29, 1.82) is 0 Å². The molecule has 2 aromatic heterocycles. The molecular formula is C20H24N6O5S. The van der Waals surface area contributed by atoms with Gasteiger partial charge in [-0.1, -0.05) is 13.0 Å². The van der Waals surface area contributed by atoms with Crippen molar-refractivity contribution in [3.63, 3.8) is 0 Å². The standard InChI is InChI=1S/C20H24N6O5S/c1-12-3-5-16(13-4-6-17(23-9-13)25-32(2,30)31)26(11-12)20(29)19(28)24-15-7-14(18(21)27)8-22-10-15/h4,6-10,12,16H,3,5,11H2,1-2H3,(H2,21,27)(H,23,25)(H,24,28)/t12-,16+/m1/s1. The van der Waals surface area contributed by atoms with E-state index in [2.05, 4.69) is 20.0 Å². The highest BCUT2D eigenvalue weighted by Crippen LogP contribution is 2.33. The molecule has 2 atom stereocenters. The number of carbonyl (C=O) groups excluding carboxylic acids is 3. The minimum atomic E-state index is -3.46. The molecule has 1 saturated heterocycles. The first-order chi connectivity index (χ1) is 15.0. The smallest absolute Gasteiger partial charge is 0.313 e. The third-order valence-corrected chi connectivity index (χ3v) is 5.59. The molecule has 11 nitrogen and oxygen atoms in total. The number of nitrogens with one attached hydrogen (secondary N) is 2.